The van der Waals surface area contributed by atoms with Crippen LogP contribution in [0.3, 0.4) is 0 Å². The molecule has 1 fully saturated rings. The molecule has 0 aromatic rings. The van der Waals surface area contributed by atoms with Gasteiger partial charge < -0.3 is 5.11 Å². The molecule has 0 spiro atoms. The Hall–Kier alpha value is -0.570. The van der Waals surface area contributed by atoms with Crippen LogP contribution in [0.2, 0.25) is 0 Å². The Morgan fingerprint density at radius 3 is 2.62 bits per heavy atom. The van der Waals surface area contributed by atoms with E-state index in [9.17, 15) is 4.79 Å². The van der Waals surface area contributed by atoms with Crippen LogP contribution in [-0.4, -0.2) is 35.1 Å². The highest BCUT2D eigenvalue weighted by atomic mass is 16.4. The zero-order valence-electron chi connectivity index (χ0n) is 10.6. The third kappa shape index (κ3) is 4.52. The van der Waals surface area contributed by atoms with Crippen molar-refractivity contribution in [3.8, 4) is 0 Å². The first kappa shape index (κ1) is 13.5. The molecule has 94 valence electrons. The Balaban J connectivity index is 2.03. The Morgan fingerprint density at radius 2 is 2.06 bits per heavy atom. The molecular weight excluding hydrogens is 202 g/mol. The van der Waals surface area contributed by atoms with E-state index < -0.39 is 5.97 Å². The van der Waals surface area contributed by atoms with Gasteiger partial charge in [0.25, 0.3) is 0 Å². The van der Waals surface area contributed by atoms with Crippen molar-refractivity contribution in [2.45, 2.75) is 58.4 Å². The number of carboxylic acid groups (broad SMARTS) is 1. The number of carboxylic acids is 1. The van der Waals surface area contributed by atoms with Gasteiger partial charge in [0.1, 0.15) is 0 Å². The van der Waals surface area contributed by atoms with E-state index in [0.717, 1.165) is 13.1 Å². The molecule has 16 heavy (non-hydrogen) atoms. The van der Waals surface area contributed by atoms with E-state index in [1.165, 1.54) is 32.1 Å². The zero-order chi connectivity index (χ0) is 12.0. The summed E-state index contributed by atoms with van der Waals surface area (Å²) in [5.74, 6) is -0.254. The van der Waals surface area contributed by atoms with E-state index in [4.69, 9.17) is 5.11 Å². The normalized spacial score (nSPS) is 19.4. The van der Waals surface area contributed by atoms with Gasteiger partial charge in [0, 0.05) is 19.1 Å². The van der Waals surface area contributed by atoms with E-state index in [2.05, 4.69) is 18.7 Å². The maximum Gasteiger partial charge on any atom is 0.303 e. The molecule has 0 aliphatic carbocycles. The minimum absolute atomic E-state index is 0.346. The number of likely N-dealkylation sites (tertiary alicyclic amines) is 1. The van der Waals surface area contributed by atoms with Crippen molar-refractivity contribution < 1.29 is 9.90 Å². The van der Waals surface area contributed by atoms with Crippen LogP contribution in [0.1, 0.15) is 52.4 Å². The van der Waals surface area contributed by atoms with Gasteiger partial charge in [-0.2, -0.15) is 0 Å². The lowest BCUT2D eigenvalue weighted by atomic mass is 9.93. The summed E-state index contributed by atoms with van der Waals surface area (Å²) in [6.07, 6.45) is 6.90. The molecule has 1 N–H and O–H groups in total. The van der Waals surface area contributed by atoms with Gasteiger partial charge in [-0.1, -0.05) is 32.6 Å². The van der Waals surface area contributed by atoms with Gasteiger partial charge in [-0.25, -0.2) is 0 Å². The molecular formula is C13H25NO2. The van der Waals surface area contributed by atoms with Gasteiger partial charge in [0.15, 0.2) is 0 Å². The highest BCUT2D eigenvalue weighted by Crippen LogP contribution is 2.23. The van der Waals surface area contributed by atoms with Crippen LogP contribution >= 0.6 is 0 Å². The number of hydrogen-bond acceptors (Lipinski definition) is 2. The summed E-state index contributed by atoms with van der Waals surface area (Å²) in [6.45, 7) is 6.47. The second kappa shape index (κ2) is 6.89. The summed E-state index contributed by atoms with van der Waals surface area (Å²) >= 11 is 0. The van der Waals surface area contributed by atoms with Crippen molar-refractivity contribution in [1.29, 1.82) is 0 Å². The highest BCUT2D eigenvalue weighted by Gasteiger charge is 2.31. The summed E-state index contributed by atoms with van der Waals surface area (Å²) in [5.41, 5.74) is 0. The van der Waals surface area contributed by atoms with Crippen molar-refractivity contribution in [2.24, 2.45) is 5.92 Å². The van der Waals surface area contributed by atoms with Crippen LogP contribution in [0.15, 0.2) is 0 Å². The van der Waals surface area contributed by atoms with Gasteiger partial charge >= 0.3 is 5.97 Å². The Bertz CT molecular complexity index is 212. The monoisotopic (exact) mass is 227 g/mol. The average Bonchev–Trinajstić information content (AvgIpc) is 2.17. The number of aliphatic carboxylic acids is 1. The molecule has 0 radical (unpaired) electrons. The van der Waals surface area contributed by atoms with Crippen LogP contribution in [-0.2, 0) is 4.79 Å². The van der Waals surface area contributed by atoms with Crippen molar-refractivity contribution in [3.63, 3.8) is 0 Å². The average molecular weight is 227 g/mol. The molecule has 0 aromatic carbocycles. The number of hydrogen-bond donors (Lipinski definition) is 1. The fraction of sp³-hybridized carbons (Fsp3) is 0.923. The molecule has 1 rings (SSSR count). The molecule has 3 nitrogen and oxygen atoms in total. The largest absolute Gasteiger partial charge is 0.481 e. The first-order chi connectivity index (χ1) is 7.63. The van der Waals surface area contributed by atoms with Crippen molar-refractivity contribution in [2.75, 3.05) is 13.1 Å². The van der Waals surface area contributed by atoms with Crippen LogP contribution in [0, 0.1) is 5.92 Å². The minimum Gasteiger partial charge on any atom is -0.481 e. The molecule has 0 saturated carbocycles. The van der Waals surface area contributed by atoms with Gasteiger partial charge in [0.05, 0.1) is 6.42 Å². The Labute approximate surface area is 98.8 Å². The molecule has 3 heteroatoms. The summed E-state index contributed by atoms with van der Waals surface area (Å²) in [7, 11) is 0. The number of nitrogens with zero attached hydrogens (tertiary/aromatic N) is 1. The second-order valence-corrected chi connectivity index (χ2v) is 5.12. The van der Waals surface area contributed by atoms with Gasteiger partial charge in [-0.15, -0.1) is 0 Å². The van der Waals surface area contributed by atoms with Crippen LogP contribution in [0.4, 0.5) is 0 Å². The van der Waals surface area contributed by atoms with Crippen LogP contribution < -0.4 is 0 Å². The molecule has 1 unspecified atom stereocenters. The maximum atomic E-state index is 10.5. The van der Waals surface area contributed by atoms with Crippen molar-refractivity contribution >= 4 is 5.97 Å². The summed E-state index contributed by atoms with van der Waals surface area (Å²) < 4.78 is 0. The molecule has 1 saturated heterocycles. The fourth-order valence-corrected chi connectivity index (χ4v) is 2.39. The molecule has 1 heterocycles. The first-order valence-corrected chi connectivity index (χ1v) is 6.59. The maximum absolute atomic E-state index is 10.5. The Kier molecular flexibility index (Phi) is 5.81. The first-order valence-electron chi connectivity index (χ1n) is 6.59. The van der Waals surface area contributed by atoms with E-state index >= 15 is 0 Å². The molecule has 0 amide bonds. The SMILES string of the molecule is CCCCCCC(C)N1CC(CC(=O)O)C1. The van der Waals surface area contributed by atoms with Crippen molar-refractivity contribution in [1.82, 2.24) is 4.90 Å². The lowest BCUT2D eigenvalue weighted by Crippen LogP contribution is -2.51. The fourth-order valence-electron chi connectivity index (χ4n) is 2.39. The highest BCUT2D eigenvalue weighted by molar-refractivity contribution is 5.67. The van der Waals surface area contributed by atoms with E-state index in [0.29, 0.717) is 18.4 Å². The predicted octanol–water partition coefficient (Wildman–Crippen LogP) is 2.75. The van der Waals surface area contributed by atoms with Crippen LogP contribution in [0.25, 0.3) is 0 Å². The zero-order valence-corrected chi connectivity index (χ0v) is 10.6. The van der Waals surface area contributed by atoms with Crippen LogP contribution in [0.5, 0.6) is 0 Å². The summed E-state index contributed by atoms with van der Waals surface area (Å²) in [5, 5.41) is 8.66. The molecule has 1 atom stereocenters. The summed E-state index contributed by atoms with van der Waals surface area (Å²) in [4.78, 5) is 12.9. The Morgan fingerprint density at radius 1 is 1.38 bits per heavy atom. The van der Waals surface area contributed by atoms with Crippen molar-refractivity contribution in [3.05, 3.63) is 0 Å². The number of carbonyl (C=O) groups is 1. The van der Waals surface area contributed by atoms with Gasteiger partial charge in [0.2, 0.25) is 0 Å². The minimum atomic E-state index is -0.653. The molecule has 0 bridgehead atoms. The molecule has 1 aliphatic rings. The lowest BCUT2D eigenvalue weighted by Gasteiger charge is -2.42. The second-order valence-electron chi connectivity index (χ2n) is 5.12. The van der Waals surface area contributed by atoms with E-state index in [1.807, 2.05) is 0 Å². The number of unbranched alkanes of at least 4 members (excludes halogenated alkanes) is 3. The van der Waals surface area contributed by atoms with Gasteiger partial charge in [-0.05, 0) is 19.3 Å². The van der Waals surface area contributed by atoms with Gasteiger partial charge in [-0.3, -0.25) is 9.69 Å². The molecule has 0 aromatic heterocycles. The quantitative estimate of drug-likeness (QED) is 0.648. The third-order valence-corrected chi connectivity index (χ3v) is 3.55. The molecule has 1 aliphatic heterocycles. The standard InChI is InChI=1S/C13H25NO2/c1-3-4-5-6-7-11(2)14-9-12(10-14)8-13(15)16/h11-12H,3-10H2,1-2H3,(H,15,16). The van der Waals surface area contributed by atoms with E-state index in [1.54, 1.807) is 0 Å². The summed E-state index contributed by atoms with van der Waals surface area (Å²) in [6, 6.07) is 0.641. The smallest absolute Gasteiger partial charge is 0.303 e. The topological polar surface area (TPSA) is 40.5 Å². The lowest BCUT2D eigenvalue weighted by molar-refractivity contribution is -0.139. The predicted molar refractivity (Wildman–Crippen MR) is 65.5 cm³/mol. The van der Waals surface area contributed by atoms with E-state index in [-0.39, 0.29) is 0 Å². The third-order valence-electron chi connectivity index (χ3n) is 3.55. The number of rotatable bonds is 8.